The van der Waals surface area contributed by atoms with Crippen molar-refractivity contribution in [3.05, 3.63) is 18.2 Å². The van der Waals surface area contributed by atoms with Gasteiger partial charge in [-0.25, -0.2) is 4.79 Å². The molecule has 1 aromatic carbocycles. The Morgan fingerprint density at radius 3 is 2.46 bits per heavy atom. The number of nitrogens with one attached hydrogen (secondary N) is 1. The van der Waals surface area contributed by atoms with Gasteiger partial charge in [-0.2, -0.15) is 0 Å². The van der Waals surface area contributed by atoms with E-state index in [0.29, 0.717) is 11.4 Å². The summed E-state index contributed by atoms with van der Waals surface area (Å²) in [5.41, 5.74) is 7.14. The molecule has 8 nitrogen and oxygen atoms in total. The number of hydrogen-bond acceptors (Lipinski definition) is 7. The predicted molar refractivity (Wildman–Crippen MR) is 108 cm³/mol. The summed E-state index contributed by atoms with van der Waals surface area (Å²) in [5, 5.41) is 2.94. The molecular weight excluding hydrogens is 362 g/mol. The number of anilines is 2. The van der Waals surface area contributed by atoms with Crippen molar-refractivity contribution in [2.75, 3.05) is 36.9 Å². The monoisotopic (exact) mass is 393 g/mol. The van der Waals surface area contributed by atoms with Crippen molar-refractivity contribution in [1.82, 2.24) is 5.32 Å². The lowest BCUT2D eigenvalue weighted by Crippen LogP contribution is -2.46. The average Bonchev–Trinajstić information content (AvgIpc) is 2.58. The van der Waals surface area contributed by atoms with Crippen LogP contribution in [0.2, 0.25) is 0 Å². The van der Waals surface area contributed by atoms with Crippen LogP contribution in [0.4, 0.5) is 16.2 Å². The Morgan fingerprint density at radius 2 is 1.89 bits per heavy atom. The Hall–Kier alpha value is -2.64. The number of carbonyl (C=O) groups is 2. The first kappa shape index (κ1) is 21.7. The fourth-order valence-corrected chi connectivity index (χ4v) is 2.96. The molecule has 1 aromatic rings. The van der Waals surface area contributed by atoms with Crippen LogP contribution < -0.4 is 20.7 Å². The highest BCUT2D eigenvalue weighted by Gasteiger charge is 2.24. The topological polar surface area (TPSA) is 103 Å². The summed E-state index contributed by atoms with van der Waals surface area (Å²) in [4.78, 5) is 24.9. The molecule has 156 valence electrons. The zero-order valence-corrected chi connectivity index (χ0v) is 17.1. The summed E-state index contributed by atoms with van der Waals surface area (Å²) in [6.45, 7) is 8.98. The summed E-state index contributed by atoms with van der Waals surface area (Å²) >= 11 is 0. The van der Waals surface area contributed by atoms with Gasteiger partial charge in [-0.05, 0) is 51.8 Å². The zero-order chi connectivity index (χ0) is 20.7. The number of hydrogen-bond donors (Lipinski definition) is 2. The standard InChI is InChI=1S/C20H31N3O5/c1-14(24)26-11-12-27-18-6-5-16(13-17(18)21)23-9-7-15(8-10-23)22-19(25)28-20(2,3)4/h5-6,13,15H,7-12,21H2,1-4H3,(H,22,25). The van der Waals surface area contributed by atoms with E-state index in [1.807, 2.05) is 39.0 Å². The summed E-state index contributed by atoms with van der Waals surface area (Å²) in [5.74, 6) is 0.230. The van der Waals surface area contributed by atoms with Crippen LogP contribution in [0, 0.1) is 0 Å². The largest absolute Gasteiger partial charge is 0.488 e. The first-order chi connectivity index (χ1) is 13.1. The van der Waals surface area contributed by atoms with Crippen LogP contribution in [-0.4, -0.2) is 50.0 Å². The van der Waals surface area contributed by atoms with Crippen LogP contribution in [0.1, 0.15) is 40.5 Å². The van der Waals surface area contributed by atoms with Crippen molar-refractivity contribution >= 4 is 23.4 Å². The van der Waals surface area contributed by atoms with Crippen molar-refractivity contribution in [3.8, 4) is 5.75 Å². The molecule has 0 aromatic heterocycles. The molecule has 28 heavy (non-hydrogen) atoms. The summed E-state index contributed by atoms with van der Waals surface area (Å²) in [7, 11) is 0. The van der Waals surface area contributed by atoms with Gasteiger partial charge in [0, 0.05) is 31.7 Å². The maximum absolute atomic E-state index is 11.9. The second kappa shape index (κ2) is 9.52. The number of nitrogens with zero attached hydrogens (tertiary/aromatic N) is 1. The summed E-state index contributed by atoms with van der Waals surface area (Å²) in [6.07, 6.45) is 1.30. The highest BCUT2D eigenvalue weighted by atomic mass is 16.6. The highest BCUT2D eigenvalue weighted by molar-refractivity contribution is 5.68. The van der Waals surface area contributed by atoms with Crippen LogP contribution in [0.3, 0.4) is 0 Å². The molecule has 1 saturated heterocycles. The van der Waals surface area contributed by atoms with Gasteiger partial charge in [0.1, 0.15) is 24.6 Å². The van der Waals surface area contributed by atoms with Crippen molar-refractivity contribution in [1.29, 1.82) is 0 Å². The molecule has 0 spiro atoms. The van der Waals surface area contributed by atoms with Crippen LogP contribution in [-0.2, 0) is 14.3 Å². The Morgan fingerprint density at radius 1 is 1.21 bits per heavy atom. The minimum Gasteiger partial charge on any atom is -0.488 e. The summed E-state index contributed by atoms with van der Waals surface area (Å²) < 4.78 is 15.7. The van der Waals surface area contributed by atoms with Crippen molar-refractivity contribution < 1.29 is 23.8 Å². The molecule has 1 fully saturated rings. The van der Waals surface area contributed by atoms with E-state index < -0.39 is 5.60 Å². The molecule has 2 rings (SSSR count). The van der Waals surface area contributed by atoms with Gasteiger partial charge >= 0.3 is 12.1 Å². The van der Waals surface area contributed by atoms with Crippen LogP contribution in [0.25, 0.3) is 0 Å². The highest BCUT2D eigenvalue weighted by Crippen LogP contribution is 2.29. The number of rotatable bonds is 6. The number of esters is 1. The van der Waals surface area contributed by atoms with E-state index in [1.54, 1.807) is 0 Å². The molecule has 0 radical (unpaired) electrons. The second-order valence-electron chi connectivity index (χ2n) is 7.82. The molecule has 1 amide bonds. The number of carbonyl (C=O) groups excluding carboxylic acids is 2. The Bertz CT molecular complexity index is 679. The molecule has 1 aliphatic rings. The SMILES string of the molecule is CC(=O)OCCOc1ccc(N2CCC(NC(=O)OC(C)(C)C)CC2)cc1N. The number of amides is 1. The van der Waals surface area contributed by atoms with Gasteiger partial charge in [-0.1, -0.05) is 0 Å². The van der Waals surface area contributed by atoms with Gasteiger partial charge in [0.25, 0.3) is 0 Å². The minimum absolute atomic E-state index is 0.104. The van der Waals surface area contributed by atoms with E-state index >= 15 is 0 Å². The van der Waals surface area contributed by atoms with Crippen LogP contribution in [0.15, 0.2) is 18.2 Å². The molecule has 3 N–H and O–H groups in total. The van der Waals surface area contributed by atoms with Gasteiger partial charge in [0.2, 0.25) is 0 Å². The molecule has 1 aliphatic heterocycles. The second-order valence-corrected chi connectivity index (χ2v) is 7.82. The molecule has 0 bridgehead atoms. The lowest BCUT2D eigenvalue weighted by atomic mass is 10.0. The molecular formula is C20H31N3O5. The average molecular weight is 393 g/mol. The molecule has 1 heterocycles. The van der Waals surface area contributed by atoms with E-state index in [1.165, 1.54) is 6.92 Å². The van der Waals surface area contributed by atoms with Gasteiger partial charge in [0.15, 0.2) is 0 Å². The van der Waals surface area contributed by atoms with E-state index in [2.05, 4.69) is 10.2 Å². The number of benzene rings is 1. The maximum atomic E-state index is 11.9. The minimum atomic E-state index is -0.496. The summed E-state index contributed by atoms with van der Waals surface area (Å²) in [6, 6.07) is 5.76. The van der Waals surface area contributed by atoms with Gasteiger partial charge in [0.05, 0.1) is 5.69 Å². The van der Waals surface area contributed by atoms with Crippen LogP contribution >= 0.6 is 0 Å². The van der Waals surface area contributed by atoms with Gasteiger partial charge < -0.3 is 30.2 Å². The fourth-order valence-electron chi connectivity index (χ4n) is 2.96. The number of alkyl carbamates (subject to hydrolysis) is 1. The molecule has 0 unspecified atom stereocenters. The van der Waals surface area contributed by atoms with Crippen molar-refractivity contribution in [2.24, 2.45) is 0 Å². The van der Waals surface area contributed by atoms with Crippen molar-refractivity contribution in [2.45, 2.75) is 52.2 Å². The quantitative estimate of drug-likeness (QED) is 0.435. The Kier molecular flexibility index (Phi) is 7.37. The normalized spacial score (nSPS) is 15.1. The first-order valence-corrected chi connectivity index (χ1v) is 9.54. The third kappa shape index (κ3) is 7.17. The van der Waals surface area contributed by atoms with Crippen molar-refractivity contribution in [3.63, 3.8) is 0 Å². The number of nitrogen functional groups attached to an aromatic ring is 1. The third-order valence-electron chi connectivity index (χ3n) is 4.22. The first-order valence-electron chi connectivity index (χ1n) is 9.54. The third-order valence-corrected chi connectivity index (χ3v) is 4.22. The van der Waals surface area contributed by atoms with E-state index in [-0.39, 0.29) is 31.3 Å². The number of piperidine rings is 1. The van der Waals surface area contributed by atoms with Gasteiger partial charge in [-0.15, -0.1) is 0 Å². The van der Waals surface area contributed by atoms with E-state index in [9.17, 15) is 9.59 Å². The molecule has 0 aliphatic carbocycles. The smallest absolute Gasteiger partial charge is 0.407 e. The van der Waals surface area contributed by atoms with Gasteiger partial charge in [-0.3, -0.25) is 4.79 Å². The fraction of sp³-hybridized carbons (Fsp3) is 0.600. The molecule has 0 saturated carbocycles. The maximum Gasteiger partial charge on any atom is 0.407 e. The number of nitrogens with two attached hydrogens (primary N) is 1. The predicted octanol–water partition coefficient (Wildman–Crippen LogP) is 2.70. The zero-order valence-electron chi connectivity index (χ0n) is 17.1. The van der Waals surface area contributed by atoms with E-state index in [4.69, 9.17) is 19.9 Å². The molecule has 8 heteroatoms. The van der Waals surface area contributed by atoms with E-state index in [0.717, 1.165) is 31.6 Å². The Labute approximate surface area is 166 Å². The van der Waals surface area contributed by atoms with Crippen LogP contribution in [0.5, 0.6) is 5.75 Å². The molecule has 0 atom stereocenters. The number of ether oxygens (including phenoxy) is 3. The lowest BCUT2D eigenvalue weighted by molar-refractivity contribution is -0.141. The Balaban J connectivity index is 1.81. The lowest BCUT2D eigenvalue weighted by Gasteiger charge is -2.34.